The van der Waals surface area contributed by atoms with Crippen LogP contribution in [0.2, 0.25) is 0 Å². The lowest BCUT2D eigenvalue weighted by Gasteiger charge is -2.08. The summed E-state index contributed by atoms with van der Waals surface area (Å²) in [7, 11) is 0. The average molecular weight is 236 g/mol. The predicted molar refractivity (Wildman–Crippen MR) is 80.8 cm³/mol. The third-order valence-corrected chi connectivity index (χ3v) is 3.41. The van der Waals surface area contributed by atoms with E-state index in [0.29, 0.717) is 0 Å². The standard InChI is InChI=1S/C18H20/c1-14(2)15(3)8-6-10-17-12-7-11-16-9-4-5-13-18(16)17/h4-5,7,9,11-13H,1,3,6,8,10H2,2H3. The van der Waals surface area contributed by atoms with Crippen LogP contribution in [0.1, 0.15) is 25.3 Å². The van der Waals surface area contributed by atoms with Gasteiger partial charge in [-0.2, -0.15) is 0 Å². The number of benzene rings is 2. The summed E-state index contributed by atoms with van der Waals surface area (Å²) >= 11 is 0. The van der Waals surface area contributed by atoms with Gasteiger partial charge in [0.25, 0.3) is 0 Å². The molecule has 0 saturated heterocycles. The summed E-state index contributed by atoms with van der Waals surface area (Å²) in [6, 6.07) is 15.1. The summed E-state index contributed by atoms with van der Waals surface area (Å²) in [6.07, 6.45) is 3.28. The topological polar surface area (TPSA) is 0 Å². The highest BCUT2D eigenvalue weighted by Crippen LogP contribution is 2.21. The molecule has 0 bridgehead atoms. The molecule has 0 fully saturated rings. The second-order valence-electron chi connectivity index (χ2n) is 4.88. The molecule has 0 spiro atoms. The van der Waals surface area contributed by atoms with E-state index in [1.54, 1.807) is 0 Å². The van der Waals surface area contributed by atoms with E-state index in [0.717, 1.165) is 24.8 Å². The van der Waals surface area contributed by atoms with Gasteiger partial charge < -0.3 is 0 Å². The highest BCUT2D eigenvalue weighted by atomic mass is 14.1. The lowest BCUT2D eigenvalue weighted by Crippen LogP contribution is -1.90. The van der Waals surface area contributed by atoms with Crippen molar-refractivity contribution in [3.8, 4) is 0 Å². The van der Waals surface area contributed by atoms with Crippen molar-refractivity contribution in [1.82, 2.24) is 0 Å². The Balaban J connectivity index is 2.08. The monoisotopic (exact) mass is 236 g/mol. The molecular weight excluding hydrogens is 216 g/mol. The van der Waals surface area contributed by atoms with Crippen molar-refractivity contribution < 1.29 is 0 Å². The van der Waals surface area contributed by atoms with Gasteiger partial charge in [0.1, 0.15) is 0 Å². The molecule has 0 N–H and O–H groups in total. The Labute approximate surface area is 110 Å². The molecule has 0 aliphatic carbocycles. The molecule has 92 valence electrons. The van der Waals surface area contributed by atoms with E-state index in [1.807, 2.05) is 6.92 Å². The smallest absolute Gasteiger partial charge is 0.0152 e. The molecule has 0 heteroatoms. The molecule has 2 rings (SSSR count). The highest BCUT2D eigenvalue weighted by Gasteiger charge is 2.01. The first-order valence-corrected chi connectivity index (χ1v) is 6.49. The summed E-state index contributed by atoms with van der Waals surface area (Å²) in [4.78, 5) is 0. The van der Waals surface area contributed by atoms with Crippen molar-refractivity contribution in [2.75, 3.05) is 0 Å². The zero-order chi connectivity index (χ0) is 13.0. The van der Waals surface area contributed by atoms with Gasteiger partial charge in [-0.1, -0.05) is 66.8 Å². The molecule has 0 aliphatic heterocycles. The first-order valence-electron chi connectivity index (χ1n) is 6.49. The average Bonchev–Trinajstić information content (AvgIpc) is 2.38. The van der Waals surface area contributed by atoms with E-state index >= 15 is 0 Å². The maximum absolute atomic E-state index is 4.05. The van der Waals surface area contributed by atoms with Crippen LogP contribution in [0.4, 0.5) is 0 Å². The zero-order valence-corrected chi connectivity index (χ0v) is 11.1. The Morgan fingerprint density at radius 3 is 2.50 bits per heavy atom. The maximum atomic E-state index is 4.05. The molecule has 0 aliphatic rings. The molecule has 2 aromatic rings. The lowest BCUT2D eigenvalue weighted by atomic mass is 9.98. The molecule has 0 heterocycles. The number of rotatable bonds is 5. The summed E-state index contributed by atoms with van der Waals surface area (Å²) in [5.41, 5.74) is 3.71. The van der Waals surface area contributed by atoms with Gasteiger partial charge in [-0.3, -0.25) is 0 Å². The third-order valence-electron chi connectivity index (χ3n) is 3.41. The first-order chi connectivity index (χ1) is 8.68. The normalized spacial score (nSPS) is 10.5. The second-order valence-corrected chi connectivity index (χ2v) is 4.88. The number of hydrogen-bond donors (Lipinski definition) is 0. The molecule has 0 saturated carbocycles. The number of hydrogen-bond acceptors (Lipinski definition) is 0. The molecular formula is C18H20. The Morgan fingerprint density at radius 1 is 1.00 bits per heavy atom. The second kappa shape index (κ2) is 5.68. The zero-order valence-electron chi connectivity index (χ0n) is 11.1. The van der Waals surface area contributed by atoms with Gasteiger partial charge in [0.15, 0.2) is 0 Å². The van der Waals surface area contributed by atoms with Crippen LogP contribution in [-0.2, 0) is 6.42 Å². The molecule has 0 unspecified atom stereocenters. The molecule has 0 nitrogen and oxygen atoms in total. The number of fused-ring (bicyclic) bond motifs is 1. The highest BCUT2D eigenvalue weighted by molar-refractivity contribution is 5.85. The van der Waals surface area contributed by atoms with E-state index in [1.165, 1.54) is 21.9 Å². The van der Waals surface area contributed by atoms with Crippen molar-refractivity contribution in [1.29, 1.82) is 0 Å². The third kappa shape index (κ3) is 2.89. The van der Waals surface area contributed by atoms with Crippen molar-refractivity contribution in [3.63, 3.8) is 0 Å². The van der Waals surface area contributed by atoms with Gasteiger partial charge in [-0.25, -0.2) is 0 Å². The fourth-order valence-electron chi connectivity index (χ4n) is 2.22. The van der Waals surface area contributed by atoms with Crippen molar-refractivity contribution >= 4 is 10.8 Å². The van der Waals surface area contributed by atoms with Crippen molar-refractivity contribution in [2.24, 2.45) is 0 Å². The van der Waals surface area contributed by atoms with Gasteiger partial charge >= 0.3 is 0 Å². The van der Waals surface area contributed by atoms with Crippen LogP contribution in [0.5, 0.6) is 0 Å². The summed E-state index contributed by atoms with van der Waals surface area (Å²) < 4.78 is 0. The van der Waals surface area contributed by atoms with E-state index in [2.05, 4.69) is 55.6 Å². The Bertz CT molecular complexity index is 570. The summed E-state index contributed by atoms with van der Waals surface area (Å²) in [5.74, 6) is 0. The fraction of sp³-hybridized carbons (Fsp3) is 0.222. The molecule has 0 amide bonds. The van der Waals surface area contributed by atoms with Gasteiger partial charge in [0.2, 0.25) is 0 Å². The van der Waals surface area contributed by atoms with Crippen LogP contribution in [0.15, 0.2) is 66.8 Å². The first kappa shape index (κ1) is 12.6. The van der Waals surface area contributed by atoms with Gasteiger partial charge in [0, 0.05) is 0 Å². The van der Waals surface area contributed by atoms with Crippen LogP contribution >= 0.6 is 0 Å². The molecule has 0 radical (unpaired) electrons. The van der Waals surface area contributed by atoms with Crippen LogP contribution in [-0.4, -0.2) is 0 Å². The fourth-order valence-corrected chi connectivity index (χ4v) is 2.22. The number of aryl methyl sites for hydroxylation is 1. The quantitative estimate of drug-likeness (QED) is 0.618. The molecule has 18 heavy (non-hydrogen) atoms. The molecule has 0 atom stereocenters. The SMILES string of the molecule is C=C(C)C(=C)CCCc1cccc2ccccc12. The summed E-state index contributed by atoms with van der Waals surface area (Å²) in [5, 5.41) is 2.70. The predicted octanol–water partition coefficient (Wildman–Crippen LogP) is 5.29. The van der Waals surface area contributed by atoms with Crippen LogP contribution in [0, 0.1) is 0 Å². The van der Waals surface area contributed by atoms with E-state index in [9.17, 15) is 0 Å². The minimum absolute atomic E-state index is 1.04. The van der Waals surface area contributed by atoms with E-state index in [4.69, 9.17) is 0 Å². The Hall–Kier alpha value is -1.82. The van der Waals surface area contributed by atoms with Crippen LogP contribution < -0.4 is 0 Å². The van der Waals surface area contributed by atoms with Crippen molar-refractivity contribution in [3.05, 3.63) is 72.3 Å². The Morgan fingerprint density at radius 2 is 1.72 bits per heavy atom. The van der Waals surface area contributed by atoms with Gasteiger partial charge in [-0.05, 0) is 42.5 Å². The van der Waals surface area contributed by atoms with Crippen LogP contribution in [0.25, 0.3) is 10.8 Å². The van der Waals surface area contributed by atoms with E-state index < -0.39 is 0 Å². The molecule has 2 aromatic carbocycles. The minimum Gasteiger partial charge on any atom is -0.0959 e. The molecule has 0 aromatic heterocycles. The van der Waals surface area contributed by atoms with Gasteiger partial charge in [-0.15, -0.1) is 0 Å². The lowest BCUT2D eigenvalue weighted by molar-refractivity contribution is 0.823. The summed E-state index contributed by atoms with van der Waals surface area (Å²) in [6.45, 7) is 10.0. The largest absolute Gasteiger partial charge is 0.0959 e. The van der Waals surface area contributed by atoms with Gasteiger partial charge in [0.05, 0.1) is 0 Å². The van der Waals surface area contributed by atoms with E-state index in [-0.39, 0.29) is 0 Å². The minimum atomic E-state index is 1.04. The maximum Gasteiger partial charge on any atom is -0.0152 e. The van der Waals surface area contributed by atoms with Crippen molar-refractivity contribution in [2.45, 2.75) is 26.2 Å². The van der Waals surface area contributed by atoms with Crippen LogP contribution in [0.3, 0.4) is 0 Å². The Kier molecular flexibility index (Phi) is 3.99. The number of allylic oxidation sites excluding steroid dienone is 2.